The van der Waals surface area contributed by atoms with Crippen LogP contribution < -0.4 is 16.4 Å². The fourth-order valence-electron chi connectivity index (χ4n) is 1.57. The Balaban J connectivity index is 1.97. The number of nitrogens with two attached hydrogens (primary N) is 1. The van der Waals surface area contributed by atoms with Gasteiger partial charge in [-0.05, 0) is 36.4 Å². The number of furan rings is 1. The fraction of sp³-hybridized carbons (Fsp3) is 0.0714. The van der Waals surface area contributed by atoms with E-state index < -0.39 is 11.8 Å². The predicted octanol–water partition coefficient (Wildman–Crippen LogP) is 0.747. The van der Waals surface area contributed by atoms with Crippen LogP contribution in [0.25, 0.3) is 0 Å². The van der Waals surface area contributed by atoms with Gasteiger partial charge in [-0.15, -0.1) is 0 Å². The highest BCUT2D eigenvalue weighted by Crippen LogP contribution is 2.11. The molecule has 0 saturated heterocycles. The van der Waals surface area contributed by atoms with E-state index in [0.717, 1.165) is 0 Å². The summed E-state index contributed by atoms with van der Waals surface area (Å²) < 4.78 is 4.96. The van der Waals surface area contributed by atoms with Crippen molar-refractivity contribution in [2.45, 2.75) is 0 Å². The second-order valence-electron chi connectivity index (χ2n) is 4.16. The molecule has 0 atom stereocenters. The van der Waals surface area contributed by atoms with E-state index in [1.807, 2.05) is 0 Å². The minimum absolute atomic E-state index is 0.193. The van der Waals surface area contributed by atoms with E-state index in [0.29, 0.717) is 11.3 Å². The molecule has 21 heavy (non-hydrogen) atoms. The molecule has 0 bridgehead atoms. The molecule has 7 heteroatoms. The van der Waals surface area contributed by atoms with Crippen molar-refractivity contribution in [2.24, 2.45) is 5.73 Å². The van der Waals surface area contributed by atoms with E-state index in [-0.39, 0.29) is 18.2 Å². The number of primary amides is 1. The molecule has 0 unspecified atom stereocenters. The molecule has 108 valence electrons. The zero-order chi connectivity index (χ0) is 15.2. The highest BCUT2D eigenvalue weighted by Gasteiger charge is 2.10. The topological polar surface area (TPSA) is 114 Å². The Morgan fingerprint density at radius 2 is 1.76 bits per heavy atom. The Labute approximate surface area is 120 Å². The standard InChI is InChI=1S/C14H13N3O4/c15-12(18)8-16-13(19)9-3-5-10(6-4-9)17-14(20)11-2-1-7-21-11/h1-7H,8H2,(H2,15,18)(H,16,19)(H,17,20). The summed E-state index contributed by atoms with van der Waals surface area (Å²) in [5, 5.41) is 4.99. The lowest BCUT2D eigenvalue weighted by molar-refractivity contribution is -0.117. The van der Waals surface area contributed by atoms with Crippen LogP contribution in [0.4, 0.5) is 5.69 Å². The lowest BCUT2D eigenvalue weighted by atomic mass is 10.2. The molecule has 2 rings (SSSR count). The molecule has 0 spiro atoms. The quantitative estimate of drug-likeness (QED) is 0.752. The first-order valence-electron chi connectivity index (χ1n) is 6.07. The lowest BCUT2D eigenvalue weighted by Crippen LogP contribution is -2.33. The van der Waals surface area contributed by atoms with E-state index in [4.69, 9.17) is 10.2 Å². The number of benzene rings is 1. The summed E-state index contributed by atoms with van der Waals surface area (Å²) in [5.74, 6) is -1.23. The number of hydrogen-bond acceptors (Lipinski definition) is 4. The molecule has 0 saturated carbocycles. The predicted molar refractivity (Wildman–Crippen MR) is 74.6 cm³/mol. The monoisotopic (exact) mass is 287 g/mol. The second kappa shape index (κ2) is 6.38. The smallest absolute Gasteiger partial charge is 0.291 e. The van der Waals surface area contributed by atoms with Gasteiger partial charge in [0, 0.05) is 11.3 Å². The number of hydrogen-bond donors (Lipinski definition) is 3. The van der Waals surface area contributed by atoms with E-state index in [1.165, 1.54) is 18.4 Å². The number of anilines is 1. The van der Waals surface area contributed by atoms with Crippen molar-refractivity contribution in [1.29, 1.82) is 0 Å². The van der Waals surface area contributed by atoms with Gasteiger partial charge in [0.05, 0.1) is 12.8 Å². The molecular formula is C14H13N3O4. The average molecular weight is 287 g/mol. The molecule has 1 aromatic carbocycles. The summed E-state index contributed by atoms with van der Waals surface area (Å²) in [6.07, 6.45) is 1.40. The molecule has 0 radical (unpaired) electrons. The first-order chi connectivity index (χ1) is 10.1. The van der Waals surface area contributed by atoms with Crippen molar-refractivity contribution >= 4 is 23.4 Å². The number of carbonyl (C=O) groups is 3. The van der Waals surface area contributed by atoms with Crippen LogP contribution in [0.3, 0.4) is 0 Å². The maximum absolute atomic E-state index is 11.7. The molecule has 0 fully saturated rings. The highest BCUT2D eigenvalue weighted by atomic mass is 16.3. The van der Waals surface area contributed by atoms with Crippen molar-refractivity contribution in [1.82, 2.24) is 5.32 Å². The first kappa shape index (κ1) is 14.3. The summed E-state index contributed by atoms with van der Waals surface area (Å²) in [6, 6.07) is 9.34. The number of rotatable bonds is 5. The van der Waals surface area contributed by atoms with Crippen molar-refractivity contribution in [3.63, 3.8) is 0 Å². The van der Waals surface area contributed by atoms with Crippen LogP contribution in [0.5, 0.6) is 0 Å². The molecule has 7 nitrogen and oxygen atoms in total. The van der Waals surface area contributed by atoms with E-state index in [9.17, 15) is 14.4 Å². The maximum Gasteiger partial charge on any atom is 0.291 e. The van der Waals surface area contributed by atoms with Gasteiger partial charge in [0.15, 0.2) is 5.76 Å². The van der Waals surface area contributed by atoms with E-state index >= 15 is 0 Å². The third kappa shape index (κ3) is 3.93. The Morgan fingerprint density at radius 1 is 1.05 bits per heavy atom. The highest BCUT2D eigenvalue weighted by molar-refractivity contribution is 6.02. The Hall–Kier alpha value is -3.09. The summed E-state index contributed by atoms with van der Waals surface area (Å²) in [4.78, 5) is 34.0. The zero-order valence-electron chi connectivity index (χ0n) is 11.0. The Bertz CT molecular complexity index is 647. The minimum Gasteiger partial charge on any atom is -0.459 e. The van der Waals surface area contributed by atoms with Gasteiger partial charge in [0.25, 0.3) is 11.8 Å². The van der Waals surface area contributed by atoms with Gasteiger partial charge in [0.2, 0.25) is 5.91 Å². The molecule has 0 aliphatic heterocycles. The lowest BCUT2D eigenvalue weighted by Gasteiger charge is -2.05. The SMILES string of the molecule is NC(=O)CNC(=O)c1ccc(NC(=O)c2ccco2)cc1. The van der Waals surface area contributed by atoms with Gasteiger partial charge in [-0.1, -0.05) is 0 Å². The number of amides is 3. The molecular weight excluding hydrogens is 274 g/mol. The zero-order valence-corrected chi connectivity index (χ0v) is 11.0. The van der Waals surface area contributed by atoms with Gasteiger partial charge in [-0.2, -0.15) is 0 Å². The van der Waals surface area contributed by atoms with Crippen LogP contribution in [-0.4, -0.2) is 24.3 Å². The summed E-state index contributed by atoms with van der Waals surface area (Å²) in [6.45, 7) is -0.226. The summed E-state index contributed by atoms with van der Waals surface area (Å²) in [5.41, 5.74) is 5.80. The van der Waals surface area contributed by atoms with Crippen molar-refractivity contribution < 1.29 is 18.8 Å². The second-order valence-corrected chi connectivity index (χ2v) is 4.16. The van der Waals surface area contributed by atoms with Crippen LogP contribution in [0.1, 0.15) is 20.9 Å². The molecule has 1 aromatic heterocycles. The normalized spacial score (nSPS) is 9.90. The van der Waals surface area contributed by atoms with Crippen molar-refractivity contribution in [3.8, 4) is 0 Å². The van der Waals surface area contributed by atoms with Gasteiger partial charge >= 0.3 is 0 Å². The van der Waals surface area contributed by atoms with Crippen LogP contribution >= 0.6 is 0 Å². The molecule has 3 amide bonds. The Kier molecular flexibility index (Phi) is 4.35. The van der Waals surface area contributed by atoms with Crippen LogP contribution in [-0.2, 0) is 4.79 Å². The fourth-order valence-corrected chi connectivity index (χ4v) is 1.57. The number of nitrogens with one attached hydrogen (secondary N) is 2. The largest absolute Gasteiger partial charge is 0.459 e. The van der Waals surface area contributed by atoms with Gasteiger partial charge < -0.3 is 20.8 Å². The average Bonchev–Trinajstić information content (AvgIpc) is 3.00. The summed E-state index contributed by atoms with van der Waals surface area (Å²) in [7, 11) is 0. The molecule has 1 heterocycles. The van der Waals surface area contributed by atoms with Crippen molar-refractivity contribution in [2.75, 3.05) is 11.9 Å². The van der Waals surface area contributed by atoms with Gasteiger partial charge in [0.1, 0.15) is 0 Å². The third-order valence-electron chi connectivity index (χ3n) is 2.57. The molecule has 2 aromatic rings. The maximum atomic E-state index is 11.7. The van der Waals surface area contributed by atoms with E-state index in [1.54, 1.807) is 24.3 Å². The van der Waals surface area contributed by atoms with Crippen LogP contribution in [0.15, 0.2) is 47.1 Å². The first-order valence-corrected chi connectivity index (χ1v) is 6.07. The molecule has 4 N–H and O–H groups in total. The summed E-state index contributed by atoms with van der Waals surface area (Å²) >= 11 is 0. The van der Waals surface area contributed by atoms with Crippen molar-refractivity contribution in [3.05, 3.63) is 54.0 Å². The van der Waals surface area contributed by atoms with Gasteiger partial charge in [-0.3, -0.25) is 14.4 Å². The minimum atomic E-state index is -0.620. The third-order valence-corrected chi connectivity index (χ3v) is 2.57. The van der Waals surface area contributed by atoms with Gasteiger partial charge in [-0.25, -0.2) is 0 Å². The Morgan fingerprint density at radius 3 is 2.33 bits per heavy atom. The molecule has 0 aliphatic carbocycles. The van der Waals surface area contributed by atoms with Crippen LogP contribution in [0, 0.1) is 0 Å². The van der Waals surface area contributed by atoms with E-state index in [2.05, 4.69) is 10.6 Å². The van der Waals surface area contributed by atoms with Crippen LogP contribution in [0.2, 0.25) is 0 Å². The number of carbonyl (C=O) groups excluding carboxylic acids is 3. The molecule has 0 aliphatic rings.